The van der Waals surface area contributed by atoms with E-state index >= 15 is 0 Å². The van der Waals surface area contributed by atoms with Crippen molar-refractivity contribution in [3.05, 3.63) is 0 Å². The van der Waals surface area contributed by atoms with Gasteiger partial charge in [-0.25, -0.2) is 4.79 Å². The summed E-state index contributed by atoms with van der Waals surface area (Å²) in [5.74, 6) is -2.84. The van der Waals surface area contributed by atoms with Crippen LogP contribution in [0.2, 0.25) is 0 Å². The molecular formula is C11H18N2O5. The number of nitrogens with one attached hydrogen (secondary N) is 1. The van der Waals surface area contributed by atoms with E-state index in [4.69, 9.17) is 15.9 Å². The van der Waals surface area contributed by atoms with Crippen LogP contribution in [0.4, 0.5) is 0 Å². The van der Waals surface area contributed by atoms with Gasteiger partial charge in [-0.1, -0.05) is 12.8 Å². The molecule has 0 heterocycles. The van der Waals surface area contributed by atoms with Gasteiger partial charge in [-0.2, -0.15) is 0 Å². The molecule has 1 amide bonds. The Morgan fingerprint density at radius 2 is 1.78 bits per heavy atom. The molecule has 1 aliphatic rings. The molecule has 1 fully saturated rings. The maximum absolute atomic E-state index is 11.9. The summed E-state index contributed by atoms with van der Waals surface area (Å²) in [6.07, 6.45) is 2.29. The van der Waals surface area contributed by atoms with E-state index in [2.05, 4.69) is 5.32 Å². The highest BCUT2D eigenvalue weighted by Gasteiger charge is 2.38. The van der Waals surface area contributed by atoms with Crippen molar-refractivity contribution in [3.63, 3.8) is 0 Å². The smallest absolute Gasteiger partial charge is 0.326 e. The first-order valence-corrected chi connectivity index (χ1v) is 5.89. The highest BCUT2D eigenvalue weighted by Crippen LogP contribution is 2.27. The third-order valence-electron chi connectivity index (χ3n) is 3.20. The van der Waals surface area contributed by atoms with Crippen molar-refractivity contribution in [1.29, 1.82) is 0 Å². The molecule has 0 aromatic rings. The zero-order valence-electron chi connectivity index (χ0n) is 10.0. The summed E-state index contributed by atoms with van der Waals surface area (Å²) in [5.41, 5.74) is 4.88. The predicted octanol–water partition coefficient (Wildman–Crippen LogP) is -0.308. The molecule has 0 saturated heterocycles. The Morgan fingerprint density at radius 1 is 1.22 bits per heavy atom. The Labute approximate surface area is 104 Å². The summed E-state index contributed by atoms with van der Waals surface area (Å²) < 4.78 is 0. The molecule has 7 heteroatoms. The Hall–Kier alpha value is -1.63. The molecule has 0 aromatic carbocycles. The van der Waals surface area contributed by atoms with E-state index in [1.54, 1.807) is 0 Å². The highest BCUT2D eigenvalue weighted by atomic mass is 16.4. The van der Waals surface area contributed by atoms with E-state index in [9.17, 15) is 14.4 Å². The Bertz CT molecular complexity index is 349. The first kappa shape index (κ1) is 14.4. The Kier molecular flexibility index (Phi) is 4.66. The lowest BCUT2D eigenvalue weighted by molar-refractivity contribution is -0.143. The minimum Gasteiger partial charge on any atom is -0.481 e. The monoisotopic (exact) mass is 258 g/mol. The lowest BCUT2D eigenvalue weighted by Crippen LogP contribution is -2.56. The molecule has 0 radical (unpaired) electrons. The van der Waals surface area contributed by atoms with Crippen LogP contribution in [0.3, 0.4) is 0 Å². The molecule has 0 aliphatic heterocycles. The molecule has 0 bridgehead atoms. The SMILES string of the molecule is NC1(C(=O)NC(CCC(=O)O)C(=O)O)CCCC1. The molecule has 18 heavy (non-hydrogen) atoms. The molecule has 0 spiro atoms. The summed E-state index contributed by atoms with van der Waals surface area (Å²) in [7, 11) is 0. The Balaban J connectivity index is 2.57. The van der Waals surface area contributed by atoms with Gasteiger partial charge in [0.25, 0.3) is 0 Å². The van der Waals surface area contributed by atoms with Gasteiger partial charge < -0.3 is 21.3 Å². The zero-order valence-corrected chi connectivity index (χ0v) is 10.0. The number of carbonyl (C=O) groups excluding carboxylic acids is 1. The summed E-state index contributed by atoms with van der Waals surface area (Å²) >= 11 is 0. The summed E-state index contributed by atoms with van der Waals surface area (Å²) in [6.45, 7) is 0. The van der Waals surface area contributed by atoms with Gasteiger partial charge in [0.05, 0.1) is 5.54 Å². The zero-order chi connectivity index (χ0) is 13.8. The summed E-state index contributed by atoms with van der Waals surface area (Å²) in [5, 5.41) is 19.8. The van der Waals surface area contributed by atoms with Gasteiger partial charge in [-0.15, -0.1) is 0 Å². The van der Waals surface area contributed by atoms with Crippen LogP contribution >= 0.6 is 0 Å². The number of amides is 1. The van der Waals surface area contributed by atoms with Crippen LogP contribution in [0.5, 0.6) is 0 Å². The van der Waals surface area contributed by atoms with Gasteiger partial charge in [0.1, 0.15) is 6.04 Å². The second kappa shape index (κ2) is 5.81. The largest absolute Gasteiger partial charge is 0.481 e. The van der Waals surface area contributed by atoms with E-state index in [1.807, 2.05) is 0 Å². The van der Waals surface area contributed by atoms with Crippen LogP contribution in [0, 0.1) is 0 Å². The van der Waals surface area contributed by atoms with Gasteiger partial charge in [0.2, 0.25) is 5.91 Å². The van der Waals surface area contributed by atoms with Crippen LogP contribution in [-0.2, 0) is 14.4 Å². The number of hydrogen-bond acceptors (Lipinski definition) is 4. The van der Waals surface area contributed by atoms with Gasteiger partial charge in [0, 0.05) is 6.42 Å². The fourth-order valence-corrected chi connectivity index (χ4v) is 2.06. The normalized spacial score (nSPS) is 19.2. The van der Waals surface area contributed by atoms with Crippen molar-refractivity contribution < 1.29 is 24.6 Å². The van der Waals surface area contributed by atoms with Gasteiger partial charge in [0.15, 0.2) is 0 Å². The average molecular weight is 258 g/mol. The highest BCUT2D eigenvalue weighted by molar-refractivity contribution is 5.90. The van der Waals surface area contributed by atoms with Crippen LogP contribution in [0.25, 0.3) is 0 Å². The molecule has 1 unspecified atom stereocenters. The Morgan fingerprint density at radius 3 is 2.22 bits per heavy atom. The number of nitrogens with two attached hydrogens (primary N) is 1. The van der Waals surface area contributed by atoms with Gasteiger partial charge >= 0.3 is 11.9 Å². The fraction of sp³-hybridized carbons (Fsp3) is 0.727. The lowest BCUT2D eigenvalue weighted by atomic mass is 9.97. The third kappa shape index (κ3) is 3.69. The van der Waals surface area contributed by atoms with Crippen molar-refractivity contribution in [2.75, 3.05) is 0 Å². The van der Waals surface area contributed by atoms with Gasteiger partial charge in [-0.05, 0) is 19.3 Å². The molecule has 1 aliphatic carbocycles. The first-order valence-electron chi connectivity index (χ1n) is 5.89. The van der Waals surface area contributed by atoms with Crippen molar-refractivity contribution in [2.45, 2.75) is 50.1 Å². The molecule has 7 nitrogen and oxygen atoms in total. The molecule has 1 rings (SSSR count). The summed E-state index contributed by atoms with van der Waals surface area (Å²) in [6, 6.07) is -1.20. The second-order valence-electron chi connectivity index (χ2n) is 4.66. The lowest BCUT2D eigenvalue weighted by Gasteiger charge is -2.24. The van der Waals surface area contributed by atoms with Crippen LogP contribution < -0.4 is 11.1 Å². The van der Waals surface area contributed by atoms with Crippen molar-refractivity contribution in [3.8, 4) is 0 Å². The predicted molar refractivity (Wildman–Crippen MR) is 61.8 cm³/mol. The number of rotatable bonds is 6. The number of carboxylic acids is 2. The maximum Gasteiger partial charge on any atom is 0.326 e. The quantitative estimate of drug-likeness (QED) is 0.517. The molecule has 0 aromatic heterocycles. The van der Waals surface area contributed by atoms with Crippen molar-refractivity contribution >= 4 is 17.8 Å². The standard InChI is InChI=1S/C11H18N2O5/c12-11(5-1-2-6-11)10(18)13-7(9(16)17)3-4-8(14)15/h7H,1-6,12H2,(H,13,18)(H,14,15)(H,16,17). The molecule has 1 saturated carbocycles. The topological polar surface area (TPSA) is 130 Å². The minimum atomic E-state index is -1.24. The van der Waals surface area contributed by atoms with E-state index in [1.165, 1.54) is 0 Å². The second-order valence-corrected chi connectivity index (χ2v) is 4.66. The van der Waals surface area contributed by atoms with E-state index in [-0.39, 0.29) is 12.8 Å². The van der Waals surface area contributed by atoms with Crippen LogP contribution in [0.1, 0.15) is 38.5 Å². The third-order valence-corrected chi connectivity index (χ3v) is 3.20. The molecule has 1 atom stereocenters. The van der Waals surface area contributed by atoms with Crippen molar-refractivity contribution in [1.82, 2.24) is 5.32 Å². The number of hydrogen-bond donors (Lipinski definition) is 4. The van der Waals surface area contributed by atoms with E-state index in [0.29, 0.717) is 12.8 Å². The van der Waals surface area contributed by atoms with E-state index in [0.717, 1.165) is 12.8 Å². The van der Waals surface area contributed by atoms with E-state index < -0.39 is 29.4 Å². The fourth-order valence-electron chi connectivity index (χ4n) is 2.06. The molecular weight excluding hydrogens is 240 g/mol. The van der Waals surface area contributed by atoms with Crippen molar-refractivity contribution in [2.24, 2.45) is 5.73 Å². The first-order chi connectivity index (χ1) is 8.35. The van der Waals surface area contributed by atoms with Crippen LogP contribution in [0.15, 0.2) is 0 Å². The van der Waals surface area contributed by atoms with Crippen LogP contribution in [-0.4, -0.2) is 39.6 Å². The number of aliphatic carboxylic acids is 2. The summed E-state index contributed by atoms with van der Waals surface area (Å²) in [4.78, 5) is 33.2. The maximum atomic E-state index is 11.9. The molecule has 5 N–H and O–H groups in total. The minimum absolute atomic E-state index is 0.146. The average Bonchev–Trinajstić information content (AvgIpc) is 2.71. The number of carbonyl (C=O) groups is 3. The molecule has 102 valence electrons. The van der Waals surface area contributed by atoms with Gasteiger partial charge in [-0.3, -0.25) is 9.59 Å². The number of carboxylic acid groups (broad SMARTS) is 2.